The van der Waals surface area contributed by atoms with Crippen LogP contribution < -0.4 is 5.73 Å². The highest BCUT2D eigenvalue weighted by molar-refractivity contribution is 5.12. The van der Waals surface area contributed by atoms with Crippen molar-refractivity contribution in [2.75, 3.05) is 18.8 Å². The van der Waals surface area contributed by atoms with Crippen molar-refractivity contribution in [2.24, 2.45) is 0 Å². The van der Waals surface area contributed by atoms with Gasteiger partial charge in [-0.15, -0.1) is 5.10 Å². The fourth-order valence-corrected chi connectivity index (χ4v) is 1.71. The molecule has 0 radical (unpaired) electrons. The van der Waals surface area contributed by atoms with Crippen LogP contribution in [0.4, 0.5) is 5.95 Å². The van der Waals surface area contributed by atoms with Crippen molar-refractivity contribution in [1.82, 2.24) is 20.1 Å². The van der Waals surface area contributed by atoms with Gasteiger partial charge in [0, 0.05) is 0 Å². The Hall–Kier alpha value is -1.10. The number of anilines is 1. The van der Waals surface area contributed by atoms with Crippen LogP contribution in [0, 0.1) is 0 Å². The number of hydrogen-bond donors (Lipinski definition) is 2. The Bertz CT molecular complexity index is 263. The van der Waals surface area contributed by atoms with Crippen molar-refractivity contribution in [3.8, 4) is 0 Å². The average molecular weight is 181 g/mol. The first-order valence-electron chi connectivity index (χ1n) is 4.74. The second kappa shape index (κ2) is 3.74. The Labute approximate surface area is 77.3 Å². The normalized spacial score (nSPS) is 19.1. The van der Waals surface area contributed by atoms with Gasteiger partial charge in [0.05, 0.1) is 6.54 Å². The van der Waals surface area contributed by atoms with E-state index >= 15 is 0 Å². The molecule has 0 spiro atoms. The lowest BCUT2D eigenvalue weighted by Crippen LogP contribution is -2.29. The largest absolute Gasteiger partial charge is 0.367 e. The lowest BCUT2D eigenvalue weighted by atomic mass is 10.1. The van der Waals surface area contributed by atoms with Gasteiger partial charge in [-0.3, -0.25) is 10.00 Å². The summed E-state index contributed by atoms with van der Waals surface area (Å²) in [5.74, 6) is 1.21. The number of H-pyrrole nitrogens is 1. The maximum atomic E-state index is 5.41. The van der Waals surface area contributed by atoms with Crippen LogP contribution in [0.25, 0.3) is 0 Å². The quantitative estimate of drug-likeness (QED) is 0.691. The van der Waals surface area contributed by atoms with Crippen LogP contribution in [-0.2, 0) is 6.54 Å². The molecule has 3 N–H and O–H groups in total. The van der Waals surface area contributed by atoms with E-state index in [9.17, 15) is 0 Å². The first-order valence-corrected chi connectivity index (χ1v) is 4.74. The molecule has 1 saturated heterocycles. The van der Waals surface area contributed by atoms with Crippen LogP contribution in [0.15, 0.2) is 0 Å². The third kappa shape index (κ3) is 2.18. The fraction of sp³-hybridized carbons (Fsp3) is 0.750. The molecule has 5 nitrogen and oxygen atoms in total. The number of nitrogens with zero attached hydrogens (tertiary/aromatic N) is 3. The Morgan fingerprint density at radius 2 is 2.08 bits per heavy atom. The summed E-state index contributed by atoms with van der Waals surface area (Å²) < 4.78 is 0. The minimum absolute atomic E-state index is 0.340. The van der Waals surface area contributed by atoms with Gasteiger partial charge in [0.25, 0.3) is 0 Å². The van der Waals surface area contributed by atoms with E-state index in [2.05, 4.69) is 20.1 Å². The molecule has 0 amide bonds. The highest BCUT2D eigenvalue weighted by Gasteiger charge is 2.11. The molecule has 0 bridgehead atoms. The maximum absolute atomic E-state index is 5.41. The van der Waals surface area contributed by atoms with Crippen LogP contribution in [0.5, 0.6) is 0 Å². The number of aromatic nitrogens is 3. The molecule has 1 aromatic heterocycles. The van der Waals surface area contributed by atoms with Crippen LogP contribution in [-0.4, -0.2) is 33.2 Å². The molecule has 0 unspecified atom stereocenters. The number of nitrogens with two attached hydrogens (primary N) is 1. The maximum Gasteiger partial charge on any atom is 0.239 e. The predicted octanol–water partition coefficient (Wildman–Crippen LogP) is 0.373. The molecule has 1 aromatic rings. The zero-order valence-corrected chi connectivity index (χ0v) is 7.66. The monoisotopic (exact) mass is 181 g/mol. The van der Waals surface area contributed by atoms with E-state index in [1.165, 1.54) is 32.4 Å². The second-order valence-corrected chi connectivity index (χ2v) is 3.48. The predicted molar refractivity (Wildman–Crippen MR) is 49.9 cm³/mol. The number of aromatic amines is 1. The zero-order valence-electron chi connectivity index (χ0n) is 7.66. The average Bonchev–Trinajstić information content (AvgIpc) is 2.53. The molecule has 1 aliphatic heterocycles. The number of piperidine rings is 1. The molecule has 2 rings (SSSR count). The first-order chi connectivity index (χ1) is 6.34. The summed E-state index contributed by atoms with van der Waals surface area (Å²) in [5.41, 5.74) is 5.41. The van der Waals surface area contributed by atoms with E-state index in [1.54, 1.807) is 0 Å². The van der Waals surface area contributed by atoms with Gasteiger partial charge >= 0.3 is 0 Å². The van der Waals surface area contributed by atoms with Crippen molar-refractivity contribution >= 4 is 5.95 Å². The molecule has 2 heterocycles. The Morgan fingerprint density at radius 3 is 2.69 bits per heavy atom. The summed E-state index contributed by atoms with van der Waals surface area (Å²) >= 11 is 0. The molecular formula is C8H15N5. The number of nitrogen functional groups attached to an aromatic ring is 1. The first kappa shape index (κ1) is 8.50. The molecule has 1 aliphatic rings. The van der Waals surface area contributed by atoms with Gasteiger partial charge in [0.1, 0.15) is 5.82 Å². The van der Waals surface area contributed by atoms with Crippen LogP contribution in [0.3, 0.4) is 0 Å². The lowest BCUT2D eigenvalue weighted by Gasteiger charge is -2.24. The van der Waals surface area contributed by atoms with Gasteiger partial charge in [-0.1, -0.05) is 6.42 Å². The summed E-state index contributed by atoms with van der Waals surface area (Å²) in [6.07, 6.45) is 3.95. The van der Waals surface area contributed by atoms with Crippen LogP contribution >= 0.6 is 0 Å². The van der Waals surface area contributed by atoms with E-state index in [-0.39, 0.29) is 0 Å². The standard InChI is InChI=1S/C8H15N5/c9-8-10-7(11-12-8)6-13-4-2-1-3-5-13/h1-6H2,(H3,9,10,11,12). The molecule has 0 aromatic carbocycles. The van der Waals surface area contributed by atoms with E-state index in [1.807, 2.05) is 0 Å². The van der Waals surface area contributed by atoms with Crippen molar-refractivity contribution in [3.63, 3.8) is 0 Å². The minimum Gasteiger partial charge on any atom is -0.367 e. The van der Waals surface area contributed by atoms with E-state index in [0.29, 0.717) is 5.95 Å². The van der Waals surface area contributed by atoms with Crippen LogP contribution in [0.2, 0.25) is 0 Å². The highest BCUT2D eigenvalue weighted by Crippen LogP contribution is 2.10. The number of nitrogens with one attached hydrogen (secondary N) is 1. The van der Waals surface area contributed by atoms with Crippen LogP contribution in [0.1, 0.15) is 25.1 Å². The Kier molecular flexibility index (Phi) is 2.44. The molecule has 5 heteroatoms. The Morgan fingerprint density at radius 1 is 1.31 bits per heavy atom. The molecule has 1 fully saturated rings. The van der Waals surface area contributed by atoms with Gasteiger partial charge in [0.15, 0.2) is 0 Å². The van der Waals surface area contributed by atoms with Gasteiger partial charge < -0.3 is 5.73 Å². The van der Waals surface area contributed by atoms with Crippen molar-refractivity contribution in [3.05, 3.63) is 5.82 Å². The smallest absolute Gasteiger partial charge is 0.239 e. The van der Waals surface area contributed by atoms with Crippen molar-refractivity contribution in [2.45, 2.75) is 25.8 Å². The number of likely N-dealkylation sites (tertiary alicyclic amines) is 1. The van der Waals surface area contributed by atoms with E-state index in [4.69, 9.17) is 5.73 Å². The summed E-state index contributed by atoms with van der Waals surface area (Å²) in [6.45, 7) is 3.19. The van der Waals surface area contributed by atoms with Gasteiger partial charge in [-0.05, 0) is 25.9 Å². The number of hydrogen-bond acceptors (Lipinski definition) is 4. The molecule has 13 heavy (non-hydrogen) atoms. The second-order valence-electron chi connectivity index (χ2n) is 3.48. The zero-order chi connectivity index (χ0) is 9.10. The lowest BCUT2D eigenvalue weighted by molar-refractivity contribution is 0.216. The molecular weight excluding hydrogens is 166 g/mol. The van der Waals surface area contributed by atoms with Gasteiger partial charge in [0.2, 0.25) is 5.95 Å². The molecule has 0 saturated carbocycles. The molecule has 0 atom stereocenters. The van der Waals surface area contributed by atoms with Crippen molar-refractivity contribution < 1.29 is 0 Å². The third-order valence-electron chi connectivity index (χ3n) is 2.37. The minimum atomic E-state index is 0.340. The van der Waals surface area contributed by atoms with Gasteiger partial charge in [-0.2, -0.15) is 4.98 Å². The SMILES string of the molecule is Nc1n[nH]c(CN2CCCCC2)n1. The summed E-state index contributed by atoms with van der Waals surface area (Å²) in [7, 11) is 0. The van der Waals surface area contributed by atoms with E-state index < -0.39 is 0 Å². The highest BCUT2D eigenvalue weighted by atomic mass is 15.3. The third-order valence-corrected chi connectivity index (χ3v) is 2.37. The number of rotatable bonds is 2. The summed E-state index contributed by atoms with van der Waals surface area (Å²) in [6, 6.07) is 0. The Balaban J connectivity index is 1.89. The summed E-state index contributed by atoms with van der Waals surface area (Å²) in [5, 5.41) is 6.62. The van der Waals surface area contributed by atoms with Gasteiger partial charge in [-0.25, -0.2) is 0 Å². The molecule has 0 aliphatic carbocycles. The summed E-state index contributed by atoms with van der Waals surface area (Å²) in [4.78, 5) is 6.45. The molecule has 72 valence electrons. The van der Waals surface area contributed by atoms with E-state index in [0.717, 1.165) is 12.4 Å². The topological polar surface area (TPSA) is 70.8 Å². The fourth-order valence-electron chi connectivity index (χ4n) is 1.71. The van der Waals surface area contributed by atoms with Crippen molar-refractivity contribution in [1.29, 1.82) is 0 Å².